The van der Waals surface area contributed by atoms with Crippen LogP contribution in [0.3, 0.4) is 0 Å². The van der Waals surface area contributed by atoms with E-state index in [2.05, 4.69) is 0 Å². The van der Waals surface area contributed by atoms with E-state index >= 15 is 0 Å². The maximum Gasteiger partial charge on any atom is 0.0294 e. The molecule has 4 unspecified atom stereocenters. The lowest BCUT2D eigenvalue weighted by Gasteiger charge is -2.58. The van der Waals surface area contributed by atoms with Crippen LogP contribution in [0.15, 0.2) is 0 Å². The third-order valence-electron chi connectivity index (χ3n) is 11.9. The highest BCUT2D eigenvalue weighted by Gasteiger charge is 2.50. The summed E-state index contributed by atoms with van der Waals surface area (Å²) in [6.07, 6.45) is 14.0. The third-order valence-corrected chi connectivity index (χ3v) is 11.9. The molecule has 4 atom stereocenters. The first-order chi connectivity index (χ1) is 44.1. The zero-order valence-corrected chi connectivity index (χ0v) is 48.9. The van der Waals surface area contributed by atoms with Crippen molar-refractivity contribution in [1.29, 1.82) is 0 Å². The summed E-state index contributed by atoms with van der Waals surface area (Å²) >= 11 is 0. The molecule has 0 N–H and O–H groups in total. The molecule has 6 rings (SSSR count). The fourth-order valence-corrected chi connectivity index (χ4v) is 6.28. The van der Waals surface area contributed by atoms with Gasteiger partial charge in [-0.2, -0.15) is 0 Å². The van der Waals surface area contributed by atoms with Crippen molar-refractivity contribution in [3.05, 3.63) is 0 Å². The van der Waals surface area contributed by atoms with Crippen LogP contribution in [0.5, 0.6) is 0 Å². The predicted octanol–water partition coefficient (Wildman–Crippen LogP) is 25.9. The molecule has 0 saturated heterocycles. The van der Waals surface area contributed by atoms with Crippen molar-refractivity contribution >= 4 is 0 Å². The average molecular weight is 987 g/mol. The van der Waals surface area contributed by atoms with E-state index in [0.717, 1.165) is 43.4 Å². The number of hydrogen-bond acceptors (Lipinski definition) is 0. The predicted molar refractivity (Wildman–Crippen MR) is 321 cm³/mol. The first-order valence-electron chi connectivity index (χ1n) is 44.1. The van der Waals surface area contributed by atoms with E-state index in [1.165, 1.54) is 144 Å². The fraction of sp³-hybridized carbons (Fsp3) is 1.00. The standard InChI is InChI=1S/C9H18.C8H16.C7H12.C7H14.4C6H14.C5H12.C4H10.C3H8/c1-2-9-7-5-3-4-6-8-9;1-2-8-6-4-3-5-7-8;1-2-7-5-3-6(7)4-5;1-2-7-5-3-4-6-7;4*1-5-6(2,3)4;1-4-5(2)3;1-4(2)3;1-3-2/h9H,2-8H2,1H3;8H,2-7H2,1H3;5-7H,2-4H2,1H3;7H,2-6H2,1H3;4*5H2,1-4H3;5H,4H2,1-3H3;4H,1-3H3;3H2,1-2H3/i4*2D;2D3,3D3,4D3,5D2;2D3,3D3,5D2;2D3,5D2;5D2;4D2;4D;3D2. The van der Waals surface area contributed by atoms with E-state index in [1.54, 1.807) is 13.8 Å². The van der Waals surface area contributed by atoms with Gasteiger partial charge < -0.3 is 0 Å². The normalized spacial score (nSPS) is 32.2. The second kappa shape index (κ2) is 49.6. The minimum atomic E-state index is -3.48. The molecule has 6 saturated carbocycles. The summed E-state index contributed by atoms with van der Waals surface area (Å²) in [5.74, 6) is 4.82. The first-order valence-corrected chi connectivity index (χ1v) is 26.3. The van der Waals surface area contributed by atoms with Gasteiger partial charge in [0, 0.05) is 48.0 Å². The Morgan fingerprint density at radius 3 is 0.716 bits per heavy atom. The molecule has 414 valence electrons. The third kappa shape index (κ3) is 70.3. The van der Waals surface area contributed by atoms with E-state index in [9.17, 15) is 0 Å². The van der Waals surface area contributed by atoms with Gasteiger partial charge in [-0.15, -0.1) is 0 Å². The maximum absolute atomic E-state index is 7.57. The van der Waals surface area contributed by atoms with Gasteiger partial charge in [-0.25, -0.2) is 0 Å². The van der Waals surface area contributed by atoms with Crippen LogP contribution in [0.25, 0.3) is 0 Å². The van der Waals surface area contributed by atoms with Gasteiger partial charge in [0.15, 0.2) is 0 Å². The lowest BCUT2D eigenvalue weighted by atomic mass is 9.47. The van der Waals surface area contributed by atoms with Crippen LogP contribution >= 0.6 is 0 Å². The van der Waals surface area contributed by atoms with Gasteiger partial charge in [0.05, 0.1) is 0 Å². The lowest BCUT2D eigenvalue weighted by molar-refractivity contribution is -0.0819. The SMILES string of the molecule is [2H]C(C)(C)C.[2H]C(C)C1C2CC1C2.[2H]C(C)C1CCCC1.[2H]C(C)C1CCCCC1.[2H]C(C)C1CCCCCC1.[2H]C([2H])(C)C.[2H]C([2H])(C)C(C)(C)C.[2H]C([2H])(C)C(C)C.[2H]C([2H])([2H])C(C([2H])([2H])[2H])(C([2H])([2H])[2H])C([2H])([2H])C.[2H]C([2H])([2H])C(C)(C([2H])([2H])[2H])C([2H])([2H])C.[2H]C([2H])([2H])C(C)(C)C([2H])([2H])C. The van der Waals surface area contributed by atoms with Crippen LogP contribution < -0.4 is 0 Å². The Balaban J connectivity index is -0.000000253. The minimum absolute atomic E-state index is 0.132. The van der Waals surface area contributed by atoms with Gasteiger partial charge in [-0.1, -0.05) is 354 Å². The summed E-state index contributed by atoms with van der Waals surface area (Å²) in [6.45, 7) is 17.6. The molecule has 0 heteroatoms. The van der Waals surface area contributed by atoms with Crippen molar-refractivity contribution in [3.8, 4) is 0 Å². The molecular weight excluding hydrogens is 805 g/mol. The highest BCUT2D eigenvalue weighted by molar-refractivity contribution is 5.00. The summed E-state index contributed by atoms with van der Waals surface area (Å²) in [6, 6.07) is 0. The molecule has 67 heavy (non-hydrogen) atoms. The van der Waals surface area contributed by atoms with Crippen LogP contribution in [0.2, 0.25) is 0 Å². The summed E-state index contributed by atoms with van der Waals surface area (Å²) < 4.78 is 251. The Morgan fingerprint density at radius 2 is 0.627 bits per heavy atom. The molecule has 6 aliphatic carbocycles. The Hall–Kier alpha value is 0. The monoisotopic (exact) mass is 986 g/mol. The Bertz CT molecular complexity index is 1950. The molecule has 6 fully saturated rings. The molecule has 0 radical (unpaired) electrons. The highest BCUT2D eigenvalue weighted by atomic mass is 14.6. The van der Waals surface area contributed by atoms with E-state index in [1.807, 2.05) is 83.1 Å². The molecule has 0 aromatic heterocycles. The Labute approximate surface area is 483 Å². The summed E-state index contributed by atoms with van der Waals surface area (Å²) in [4.78, 5) is 0. The van der Waals surface area contributed by atoms with E-state index in [-0.39, 0.29) is 42.8 Å². The van der Waals surface area contributed by atoms with E-state index < -0.39 is 95.6 Å². The van der Waals surface area contributed by atoms with E-state index in [4.69, 9.17) is 48.0 Å². The van der Waals surface area contributed by atoms with Crippen molar-refractivity contribution in [2.24, 2.45) is 69.0 Å². The van der Waals surface area contributed by atoms with Crippen LogP contribution in [0.1, 0.15) is 414 Å². The molecular formula is C67H146. The lowest BCUT2D eigenvalue weighted by Crippen LogP contribution is -2.49. The Kier molecular flexibility index (Phi) is 23.4. The largest absolute Gasteiger partial charge is 0.0656 e. The van der Waals surface area contributed by atoms with Crippen LogP contribution in [0.4, 0.5) is 0 Å². The van der Waals surface area contributed by atoms with E-state index in [0.29, 0.717) is 12.8 Å². The van der Waals surface area contributed by atoms with Crippen molar-refractivity contribution < 1.29 is 48.0 Å². The first kappa shape index (κ1) is 31.7. The smallest absolute Gasteiger partial charge is 0.0294 e. The van der Waals surface area contributed by atoms with Gasteiger partial charge in [-0.05, 0) is 81.8 Å². The van der Waals surface area contributed by atoms with Crippen molar-refractivity contribution in [1.82, 2.24) is 0 Å². The molecule has 6 aliphatic rings. The fourth-order valence-electron chi connectivity index (χ4n) is 6.28. The zero-order valence-electron chi connectivity index (χ0n) is 83.9. The summed E-state index contributed by atoms with van der Waals surface area (Å²) in [5, 5.41) is 0. The minimum Gasteiger partial charge on any atom is -0.0656 e. The molecule has 0 heterocycles. The number of hydrogen-bond donors (Lipinski definition) is 0. The summed E-state index contributed by atoms with van der Waals surface area (Å²) in [7, 11) is 0. The average Bonchev–Trinajstić information content (AvgIpc) is 0.711. The maximum atomic E-state index is 7.57. The second-order valence-corrected chi connectivity index (χ2v) is 21.3. The van der Waals surface area contributed by atoms with Gasteiger partial charge >= 0.3 is 0 Å². The molecule has 0 amide bonds. The van der Waals surface area contributed by atoms with Crippen LogP contribution in [-0.2, 0) is 0 Å². The highest BCUT2D eigenvalue weighted by Crippen LogP contribution is 2.59. The molecule has 0 aromatic rings. The molecule has 2 bridgehead atoms. The van der Waals surface area contributed by atoms with Crippen molar-refractivity contribution in [2.75, 3.05) is 0 Å². The van der Waals surface area contributed by atoms with Crippen molar-refractivity contribution in [2.45, 2.75) is 366 Å². The van der Waals surface area contributed by atoms with Crippen molar-refractivity contribution in [3.63, 3.8) is 0 Å². The van der Waals surface area contributed by atoms with Crippen LogP contribution in [0, 0.1) is 69.0 Å². The molecule has 0 aliphatic heterocycles. The second-order valence-electron chi connectivity index (χ2n) is 21.3. The van der Waals surface area contributed by atoms with Crippen LogP contribution in [-0.4, -0.2) is 0 Å². The van der Waals surface area contributed by atoms with Gasteiger partial charge in [0.2, 0.25) is 0 Å². The topological polar surface area (TPSA) is 0 Å². The molecule has 0 nitrogen and oxygen atoms in total. The Morgan fingerprint density at radius 1 is 0.403 bits per heavy atom. The van der Waals surface area contributed by atoms with Gasteiger partial charge in [0.25, 0.3) is 0 Å². The zero-order chi connectivity index (χ0) is 83.9. The van der Waals surface area contributed by atoms with Gasteiger partial charge in [0.1, 0.15) is 0 Å². The molecule has 0 aromatic carbocycles. The number of rotatable bonds is 5. The summed E-state index contributed by atoms with van der Waals surface area (Å²) in [5.41, 5.74) is -7.29. The van der Waals surface area contributed by atoms with Gasteiger partial charge in [-0.3, -0.25) is 0 Å². The molecule has 0 spiro atoms. The quantitative estimate of drug-likeness (QED) is 0.241.